The zero-order chi connectivity index (χ0) is 19.1. The Morgan fingerprint density at radius 2 is 2.18 bits per heavy atom. The summed E-state index contributed by atoms with van der Waals surface area (Å²) in [6, 6.07) is 6.10. The molecule has 5 heterocycles. The van der Waals surface area contributed by atoms with Gasteiger partial charge >= 0.3 is 0 Å². The maximum atomic E-state index is 13.0. The number of thiazole rings is 1. The van der Waals surface area contributed by atoms with Crippen LogP contribution in [0.3, 0.4) is 0 Å². The van der Waals surface area contributed by atoms with E-state index in [2.05, 4.69) is 14.9 Å². The lowest BCUT2D eigenvalue weighted by atomic mass is 9.76. The maximum absolute atomic E-state index is 13.0. The Hall–Kier alpha value is -2.28. The summed E-state index contributed by atoms with van der Waals surface area (Å²) in [5.74, 6) is 1.32. The molecule has 7 heteroatoms. The summed E-state index contributed by atoms with van der Waals surface area (Å²) in [6.45, 7) is 2.37. The second-order valence-corrected chi connectivity index (χ2v) is 9.06. The van der Waals surface area contributed by atoms with Crippen molar-refractivity contribution in [2.24, 2.45) is 11.8 Å². The minimum absolute atomic E-state index is 0.156. The van der Waals surface area contributed by atoms with Crippen molar-refractivity contribution in [3.8, 4) is 10.7 Å². The first-order valence-corrected chi connectivity index (χ1v) is 11.0. The van der Waals surface area contributed by atoms with E-state index in [1.165, 1.54) is 11.3 Å². The molecule has 0 radical (unpaired) electrons. The Morgan fingerprint density at radius 3 is 3.04 bits per heavy atom. The van der Waals surface area contributed by atoms with Gasteiger partial charge in [0.1, 0.15) is 5.01 Å². The molecule has 2 bridgehead atoms. The van der Waals surface area contributed by atoms with Gasteiger partial charge in [-0.2, -0.15) is 0 Å². The smallest absolute Gasteiger partial charge is 0.228 e. The summed E-state index contributed by atoms with van der Waals surface area (Å²) in [4.78, 5) is 38.3. The van der Waals surface area contributed by atoms with Crippen molar-refractivity contribution in [2.75, 3.05) is 19.6 Å². The lowest BCUT2D eigenvalue weighted by Gasteiger charge is -2.52. The van der Waals surface area contributed by atoms with Crippen LogP contribution in [0.4, 0.5) is 0 Å². The molecule has 0 aliphatic carbocycles. The zero-order valence-corrected chi connectivity index (χ0v) is 16.6. The van der Waals surface area contributed by atoms with E-state index in [0.717, 1.165) is 55.3 Å². The second kappa shape index (κ2) is 7.28. The van der Waals surface area contributed by atoms with Crippen LogP contribution in [0, 0.1) is 11.8 Å². The lowest BCUT2D eigenvalue weighted by Crippen LogP contribution is -2.61. The number of nitrogens with zero attached hydrogens (tertiary/aromatic N) is 4. The number of fused-ring (bicyclic) bond motifs is 4. The summed E-state index contributed by atoms with van der Waals surface area (Å²) in [5, 5.41) is 2.82. The normalized spacial score (nSPS) is 26.9. The number of amides is 2. The lowest BCUT2D eigenvalue weighted by molar-refractivity contribution is -0.148. The van der Waals surface area contributed by atoms with Crippen LogP contribution in [0.1, 0.15) is 31.4 Å². The molecule has 0 spiro atoms. The number of likely N-dealkylation sites (tertiary alicyclic amines) is 1. The second-order valence-electron chi connectivity index (χ2n) is 8.20. The van der Waals surface area contributed by atoms with Gasteiger partial charge in [-0.1, -0.05) is 6.07 Å². The highest BCUT2D eigenvalue weighted by Crippen LogP contribution is 2.38. The summed E-state index contributed by atoms with van der Waals surface area (Å²) >= 11 is 1.53. The Balaban J connectivity index is 1.26. The quantitative estimate of drug-likeness (QED) is 0.800. The first-order chi connectivity index (χ1) is 13.7. The average molecular weight is 397 g/mol. The predicted molar refractivity (Wildman–Crippen MR) is 107 cm³/mol. The molecule has 3 saturated heterocycles. The minimum atomic E-state index is 0.156. The molecule has 2 aromatic rings. The van der Waals surface area contributed by atoms with E-state index in [-0.39, 0.29) is 5.91 Å². The Bertz CT molecular complexity index is 884. The van der Waals surface area contributed by atoms with E-state index in [1.54, 1.807) is 6.20 Å². The highest BCUT2D eigenvalue weighted by molar-refractivity contribution is 7.13. The number of rotatable bonds is 3. The van der Waals surface area contributed by atoms with Crippen molar-refractivity contribution in [1.29, 1.82) is 0 Å². The van der Waals surface area contributed by atoms with E-state index in [1.807, 2.05) is 28.5 Å². The van der Waals surface area contributed by atoms with Crippen molar-refractivity contribution in [1.82, 2.24) is 19.8 Å². The highest BCUT2D eigenvalue weighted by atomic mass is 32.1. The van der Waals surface area contributed by atoms with Crippen molar-refractivity contribution in [2.45, 2.75) is 38.1 Å². The van der Waals surface area contributed by atoms with E-state index < -0.39 is 0 Å². The topological polar surface area (TPSA) is 66.4 Å². The van der Waals surface area contributed by atoms with Gasteiger partial charge in [0.25, 0.3) is 0 Å². The third-order valence-corrected chi connectivity index (χ3v) is 7.21. The van der Waals surface area contributed by atoms with Gasteiger partial charge in [-0.25, -0.2) is 4.98 Å². The standard InChI is InChI=1S/C21H24N4O2S/c26-19-6-3-5-18-15-8-14(11-25(18)19)10-24(12-15)20(27)9-16-13-28-21(23-16)17-4-1-2-7-22-17/h1-2,4,7,13-15,18H,3,5-6,8-12H2/t14-,15+,18-/m1/s1. The molecule has 3 fully saturated rings. The average Bonchev–Trinajstić information content (AvgIpc) is 3.18. The monoisotopic (exact) mass is 396 g/mol. The maximum Gasteiger partial charge on any atom is 0.228 e. The number of pyridine rings is 1. The molecule has 28 heavy (non-hydrogen) atoms. The first-order valence-electron chi connectivity index (χ1n) is 10.1. The molecule has 0 aromatic carbocycles. The minimum Gasteiger partial charge on any atom is -0.342 e. The number of hydrogen-bond donors (Lipinski definition) is 0. The van der Waals surface area contributed by atoms with E-state index >= 15 is 0 Å². The van der Waals surface area contributed by atoms with Crippen molar-refractivity contribution in [3.05, 3.63) is 35.5 Å². The van der Waals surface area contributed by atoms with Gasteiger partial charge in [-0.05, 0) is 43.2 Å². The van der Waals surface area contributed by atoms with Gasteiger partial charge in [0.15, 0.2) is 0 Å². The number of aromatic nitrogens is 2. The molecule has 0 N–H and O–H groups in total. The van der Waals surface area contributed by atoms with Crippen LogP contribution in [0.2, 0.25) is 0 Å². The Kier molecular flexibility index (Phi) is 4.62. The van der Waals surface area contributed by atoms with Gasteiger partial charge in [-0.3, -0.25) is 14.6 Å². The molecule has 0 saturated carbocycles. The van der Waals surface area contributed by atoms with Gasteiger partial charge in [0.05, 0.1) is 17.8 Å². The van der Waals surface area contributed by atoms with Crippen molar-refractivity contribution < 1.29 is 9.59 Å². The van der Waals surface area contributed by atoms with Crippen LogP contribution in [-0.4, -0.2) is 57.3 Å². The van der Waals surface area contributed by atoms with Gasteiger partial charge < -0.3 is 9.80 Å². The van der Waals surface area contributed by atoms with E-state index in [0.29, 0.717) is 36.6 Å². The van der Waals surface area contributed by atoms with Gasteiger partial charge in [0, 0.05) is 43.7 Å². The van der Waals surface area contributed by atoms with E-state index in [4.69, 9.17) is 0 Å². The Morgan fingerprint density at radius 1 is 1.25 bits per heavy atom. The van der Waals surface area contributed by atoms with Crippen LogP contribution in [0.15, 0.2) is 29.8 Å². The van der Waals surface area contributed by atoms with Crippen LogP contribution >= 0.6 is 11.3 Å². The van der Waals surface area contributed by atoms with Gasteiger partial charge in [-0.15, -0.1) is 11.3 Å². The molecule has 0 unspecified atom stereocenters. The number of carbonyl (C=O) groups excluding carboxylic acids is 2. The van der Waals surface area contributed by atoms with Crippen LogP contribution < -0.4 is 0 Å². The van der Waals surface area contributed by atoms with Crippen LogP contribution in [0.25, 0.3) is 10.7 Å². The molecule has 2 aromatic heterocycles. The van der Waals surface area contributed by atoms with Crippen molar-refractivity contribution >= 4 is 23.2 Å². The molecular weight excluding hydrogens is 372 g/mol. The molecular formula is C21H24N4O2S. The van der Waals surface area contributed by atoms with E-state index in [9.17, 15) is 9.59 Å². The largest absolute Gasteiger partial charge is 0.342 e. The number of carbonyl (C=O) groups is 2. The fourth-order valence-corrected chi connectivity index (χ4v) is 5.87. The Labute approximate surface area is 168 Å². The summed E-state index contributed by atoms with van der Waals surface area (Å²) in [6.07, 6.45) is 6.03. The molecule has 5 rings (SSSR count). The molecule has 2 amide bonds. The number of piperidine rings is 3. The third kappa shape index (κ3) is 3.32. The molecule has 3 aliphatic rings. The fourth-order valence-electron chi connectivity index (χ4n) is 5.08. The fraction of sp³-hybridized carbons (Fsp3) is 0.524. The molecule has 3 aliphatic heterocycles. The van der Waals surface area contributed by atoms with Crippen LogP contribution in [-0.2, 0) is 16.0 Å². The molecule has 6 nitrogen and oxygen atoms in total. The molecule has 3 atom stereocenters. The highest BCUT2D eigenvalue weighted by Gasteiger charge is 2.44. The SMILES string of the molecule is O=C(Cc1csc(-c2ccccn2)n1)N1C[C@H]2C[C@@H](C1)[C@H]1CCCC(=O)N1C2. The van der Waals surface area contributed by atoms with Gasteiger partial charge in [0.2, 0.25) is 11.8 Å². The van der Waals surface area contributed by atoms with Crippen molar-refractivity contribution in [3.63, 3.8) is 0 Å². The third-order valence-electron chi connectivity index (χ3n) is 6.30. The first kappa shape index (κ1) is 17.8. The molecule has 146 valence electrons. The zero-order valence-electron chi connectivity index (χ0n) is 15.8. The van der Waals surface area contributed by atoms with Crippen LogP contribution in [0.5, 0.6) is 0 Å². The summed E-state index contributed by atoms with van der Waals surface area (Å²) < 4.78 is 0. The summed E-state index contributed by atoms with van der Waals surface area (Å²) in [5.41, 5.74) is 1.67. The number of hydrogen-bond acceptors (Lipinski definition) is 5. The predicted octanol–water partition coefficient (Wildman–Crippen LogP) is 2.61. The summed E-state index contributed by atoms with van der Waals surface area (Å²) in [7, 11) is 0.